The predicted molar refractivity (Wildman–Crippen MR) is 90.8 cm³/mol. The Balaban J connectivity index is 1.70. The number of pyridine rings is 1. The molecule has 24 heavy (non-hydrogen) atoms. The summed E-state index contributed by atoms with van der Waals surface area (Å²) < 4.78 is 0. The first-order valence-corrected chi connectivity index (χ1v) is 7.92. The molecule has 1 N–H and O–H groups in total. The van der Waals surface area contributed by atoms with Crippen LogP contribution in [0.5, 0.6) is 0 Å². The highest BCUT2D eigenvalue weighted by Gasteiger charge is 2.25. The van der Waals surface area contributed by atoms with Crippen LogP contribution in [0, 0.1) is 0 Å². The van der Waals surface area contributed by atoms with Crippen LogP contribution in [0.2, 0.25) is 5.02 Å². The maximum absolute atomic E-state index is 12.5. The molecule has 2 aromatic rings. The Morgan fingerprint density at radius 1 is 1.08 bits per heavy atom. The van der Waals surface area contributed by atoms with E-state index >= 15 is 0 Å². The number of hydrogen-bond acceptors (Lipinski definition) is 4. The van der Waals surface area contributed by atoms with Crippen LogP contribution in [-0.2, 0) is 0 Å². The smallest absolute Gasteiger partial charge is 0.339 e. The van der Waals surface area contributed by atoms with Gasteiger partial charge in [-0.1, -0.05) is 17.7 Å². The summed E-state index contributed by atoms with van der Waals surface area (Å²) in [6.07, 6.45) is 1.57. The molecular formula is C17H16ClN3O3. The van der Waals surface area contributed by atoms with Gasteiger partial charge in [0.15, 0.2) is 0 Å². The molecule has 1 aromatic heterocycles. The largest absolute Gasteiger partial charge is 0.478 e. The molecule has 1 saturated heterocycles. The first-order valence-electron chi connectivity index (χ1n) is 7.54. The van der Waals surface area contributed by atoms with Crippen molar-refractivity contribution >= 4 is 29.3 Å². The zero-order chi connectivity index (χ0) is 17.1. The molecule has 6 nitrogen and oxygen atoms in total. The lowest BCUT2D eigenvalue weighted by molar-refractivity contribution is 0.0692. The predicted octanol–water partition coefficient (Wildman–Crippen LogP) is 2.40. The fraction of sp³-hybridized carbons (Fsp3) is 0.235. The van der Waals surface area contributed by atoms with E-state index in [-0.39, 0.29) is 11.5 Å². The second-order valence-corrected chi connectivity index (χ2v) is 5.91. The summed E-state index contributed by atoms with van der Waals surface area (Å²) in [5.41, 5.74) is 0.729. The molecule has 124 valence electrons. The lowest BCUT2D eigenvalue weighted by Crippen LogP contribution is -2.49. The summed E-state index contributed by atoms with van der Waals surface area (Å²) in [5.74, 6) is -0.632. The Morgan fingerprint density at radius 2 is 1.83 bits per heavy atom. The molecule has 1 aliphatic heterocycles. The van der Waals surface area contributed by atoms with Gasteiger partial charge in [-0.05, 0) is 30.3 Å². The number of carbonyl (C=O) groups excluding carboxylic acids is 1. The number of amides is 1. The minimum Gasteiger partial charge on any atom is -0.478 e. The van der Waals surface area contributed by atoms with Gasteiger partial charge in [0.05, 0.1) is 0 Å². The molecular weight excluding hydrogens is 330 g/mol. The fourth-order valence-corrected chi connectivity index (χ4v) is 2.93. The quantitative estimate of drug-likeness (QED) is 0.924. The van der Waals surface area contributed by atoms with Crippen LogP contribution < -0.4 is 4.90 Å². The summed E-state index contributed by atoms with van der Waals surface area (Å²) in [5, 5.41) is 9.79. The third kappa shape index (κ3) is 3.33. The Hall–Kier alpha value is -2.60. The summed E-state index contributed by atoms with van der Waals surface area (Å²) in [4.78, 5) is 31.6. The molecule has 0 atom stereocenters. The summed E-state index contributed by atoms with van der Waals surface area (Å²) >= 11 is 5.94. The highest BCUT2D eigenvalue weighted by atomic mass is 35.5. The van der Waals surface area contributed by atoms with Crippen molar-refractivity contribution in [2.75, 3.05) is 31.1 Å². The normalized spacial score (nSPS) is 14.5. The van der Waals surface area contributed by atoms with Gasteiger partial charge in [0.2, 0.25) is 0 Å². The van der Waals surface area contributed by atoms with E-state index in [1.54, 1.807) is 41.4 Å². The van der Waals surface area contributed by atoms with E-state index in [0.717, 1.165) is 0 Å². The Bertz CT molecular complexity index is 773. The van der Waals surface area contributed by atoms with Crippen LogP contribution in [0.15, 0.2) is 42.6 Å². The van der Waals surface area contributed by atoms with Crippen molar-refractivity contribution in [1.82, 2.24) is 9.88 Å². The van der Waals surface area contributed by atoms with E-state index in [1.165, 1.54) is 6.07 Å². The molecule has 1 fully saturated rings. The Kier molecular flexibility index (Phi) is 4.66. The molecule has 1 aliphatic rings. The van der Waals surface area contributed by atoms with Crippen molar-refractivity contribution < 1.29 is 14.7 Å². The molecule has 0 bridgehead atoms. The molecule has 1 amide bonds. The van der Waals surface area contributed by atoms with E-state index < -0.39 is 5.97 Å². The lowest BCUT2D eigenvalue weighted by atomic mass is 10.1. The molecule has 0 spiro atoms. The summed E-state index contributed by atoms with van der Waals surface area (Å²) in [6, 6.07) is 10.0. The highest BCUT2D eigenvalue weighted by Crippen LogP contribution is 2.20. The second-order valence-electron chi connectivity index (χ2n) is 5.47. The average molecular weight is 346 g/mol. The standard InChI is InChI=1S/C17H16ClN3O3/c18-13-4-1-3-12(11-13)16(22)21-9-7-20(8-10-21)15-14(17(23)24)5-2-6-19-15/h1-6,11H,7-10H2,(H,23,24). The first-order chi connectivity index (χ1) is 11.6. The summed E-state index contributed by atoms with van der Waals surface area (Å²) in [6.45, 7) is 2.06. The number of halogens is 1. The number of nitrogens with zero attached hydrogens (tertiary/aromatic N) is 3. The number of rotatable bonds is 3. The average Bonchev–Trinajstić information content (AvgIpc) is 2.61. The topological polar surface area (TPSA) is 73.7 Å². The van der Waals surface area contributed by atoms with Gasteiger partial charge in [0.1, 0.15) is 11.4 Å². The second kappa shape index (κ2) is 6.88. The van der Waals surface area contributed by atoms with E-state index in [9.17, 15) is 14.7 Å². The molecule has 2 heterocycles. The van der Waals surface area contributed by atoms with Crippen molar-refractivity contribution in [2.45, 2.75) is 0 Å². The Morgan fingerprint density at radius 3 is 2.50 bits per heavy atom. The Labute approximate surface area is 144 Å². The van der Waals surface area contributed by atoms with Gasteiger partial charge in [0.25, 0.3) is 5.91 Å². The SMILES string of the molecule is O=C(O)c1cccnc1N1CCN(C(=O)c2cccc(Cl)c2)CC1. The molecule has 0 radical (unpaired) electrons. The van der Waals surface area contributed by atoms with Crippen molar-refractivity contribution in [3.8, 4) is 0 Å². The monoisotopic (exact) mass is 345 g/mol. The number of benzene rings is 1. The highest BCUT2D eigenvalue weighted by molar-refractivity contribution is 6.30. The van der Waals surface area contributed by atoms with Gasteiger partial charge in [0, 0.05) is 43.0 Å². The van der Waals surface area contributed by atoms with Crippen LogP contribution in [0.25, 0.3) is 0 Å². The van der Waals surface area contributed by atoms with Crippen LogP contribution >= 0.6 is 11.6 Å². The van der Waals surface area contributed by atoms with Crippen molar-refractivity contribution in [3.63, 3.8) is 0 Å². The first kappa shape index (κ1) is 16.3. The minimum absolute atomic E-state index is 0.0726. The van der Waals surface area contributed by atoms with E-state index in [4.69, 9.17) is 11.6 Å². The molecule has 7 heteroatoms. The number of carboxylic acid groups (broad SMARTS) is 1. The third-order valence-electron chi connectivity index (χ3n) is 3.96. The molecule has 0 saturated carbocycles. The number of carboxylic acids is 1. The third-order valence-corrected chi connectivity index (χ3v) is 4.19. The van der Waals surface area contributed by atoms with Gasteiger partial charge >= 0.3 is 5.97 Å². The fourth-order valence-electron chi connectivity index (χ4n) is 2.74. The number of carbonyl (C=O) groups is 2. The maximum atomic E-state index is 12.5. The zero-order valence-electron chi connectivity index (χ0n) is 12.9. The minimum atomic E-state index is -1.00. The number of hydrogen-bond donors (Lipinski definition) is 1. The van der Waals surface area contributed by atoms with Crippen molar-refractivity contribution in [2.24, 2.45) is 0 Å². The van der Waals surface area contributed by atoms with E-state index in [0.29, 0.717) is 42.6 Å². The van der Waals surface area contributed by atoms with Gasteiger partial charge in [-0.15, -0.1) is 0 Å². The number of anilines is 1. The van der Waals surface area contributed by atoms with Gasteiger partial charge in [-0.2, -0.15) is 0 Å². The molecule has 3 rings (SSSR count). The van der Waals surface area contributed by atoms with Crippen molar-refractivity contribution in [1.29, 1.82) is 0 Å². The lowest BCUT2D eigenvalue weighted by Gasteiger charge is -2.35. The van der Waals surface area contributed by atoms with Crippen LogP contribution in [0.3, 0.4) is 0 Å². The number of aromatic carboxylic acids is 1. The van der Waals surface area contributed by atoms with Crippen LogP contribution in [-0.4, -0.2) is 53.0 Å². The summed E-state index contributed by atoms with van der Waals surface area (Å²) in [7, 11) is 0. The maximum Gasteiger partial charge on any atom is 0.339 e. The van der Waals surface area contributed by atoms with Gasteiger partial charge in [-0.25, -0.2) is 9.78 Å². The van der Waals surface area contributed by atoms with E-state index in [1.807, 2.05) is 4.90 Å². The van der Waals surface area contributed by atoms with E-state index in [2.05, 4.69) is 4.98 Å². The zero-order valence-corrected chi connectivity index (χ0v) is 13.6. The van der Waals surface area contributed by atoms with Crippen LogP contribution in [0.1, 0.15) is 20.7 Å². The number of aromatic nitrogens is 1. The van der Waals surface area contributed by atoms with Crippen LogP contribution in [0.4, 0.5) is 5.82 Å². The van der Waals surface area contributed by atoms with Crippen molar-refractivity contribution in [3.05, 3.63) is 58.7 Å². The molecule has 1 aromatic carbocycles. The molecule has 0 aliphatic carbocycles. The van der Waals surface area contributed by atoms with Gasteiger partial charge < -0.3 is 14.9 Å². The molecule has 0 unspecified atom stereocenters. The number of piperazine rings is 1. The van der Waals surface area contributed by atoms with Gasteiger partial charge in [-0.3, -0.25) is 4.79 Å².